The number of thiophene rings is 1. The lowest BCUT2D eigenvalue weighted by Gasteiger charge is -2.28. The second-order valence-corrected chi connectivity index (χ2v) is 10.7. The average Bonchev–Trinajstić information content (AvgIpc) is 3.59. The predicted molar refractivity (Wildman–Crippen MR) is 143 cm³/mol. The molecule has 0 N–H and O–H groups in total. The van der Waals surface area contributed by atoms with Crippen LogP contribution in [0.3, 0.4) is 0 Å². The molecule has 6 rings (SSSR count). The minimum absolute atomic E-state index is 0.131. The quantitative estimate of drug-likeness (QED) is 0.188. The van der Waals surface area contributed by atoms with E-state index in [-0.39, 0.29) is 22.9 Å². The van der Waals surface area contributed by atoms with Gasteiger partial charge in [-0.3, -0.25) is 24.5 Å². The molecule has 3 aromatic rings. The number of hydrogen-bond donors (Lipinski definition) is 0. The van der Waals surface area contributed by atoms with E-state index in [1.165, 1.54) is 28.5 Å². The number of rotatable bonds is 6. The number of imide groups is 1. The van der Waals surface area contributed by atoms with E-state index >= 15 is 0 Å². The molecular formula is C28H25N3O7S. The second-order valence-electron chi connectivity index (χ2n) is 9.63. The van der Waals surface area contributed by atoms with Gasteiger partial charge in [0.2, 0.25) is 5.91 Å². The van der Waals surface area contributed by atoms with Gasteiger partial charge in [-0.1, -0.05) is 30.3 Å². The molecule has 11 heteroatoms. The van der Waals surface area contributed by atoms with Gasteiger partial charge in [-0.05, 0) is 55.9 Å². The largest absolute Gasteiger partial charge is 0.462 e. The molecule has 1 aromatic heterocycles. The highest BCUT2D eigenvalue weighted by atomic mass is 32.1. The highest BCUT2D eigenvalue weighted by Crippen LogP contribution is 2.50. The Morgan fingerprint density at radius 1 is 1.10 bits per heavy atom. The molecule has 10 nitrogen and oxygen atoms in total. The van der Waals surface area contributed by atoms with E-state index in [2.05, 4.69) is 0 Å². The highest BCUT2D eigenvalue weighted by molar-refractivity contribution is 7.17. The molecule has 0 bridgehead atoms. The zero-order chi connectivity index (χ0) is 27.3. The molecule has 2 saturated heterocycles. The summed E-state index contributed by atoms with van der Waals surface area (Å²) in [5.74, 6) is -2.60. The number of esters is 1. The summed E-state index contributed by atoms with van der Waals surface area (Å²) in [6.45, 7) is 1.88. The Hall–Kier alpha value is -4.09. The van der Waals surface area contributed by atoms with Crippen LogP contribution in [0.25, 0.3) is 0 Å². The van der Waals surface area contributed by atoms with Crippen LogP contribution < -0.4 is 9.96 Å². The number of benzene rings is 2. The average molecular weight is 548 g/mol. The van der Waals surface area contributed by atoms with E-state index in [9.17, 15) is 24.5 Å². The van der Waals surface area contributed by atoms with Crippen molar-refractivity contribution >= 4 is 45.5 Å². The summed E-state index contributed by atoms with van der Waals surface area (Å²) in [7, 11) is 0. The van der Waals surface area contributed by atoms with E-state index in [4.69, 9.17) is 9.57 Å². The van der Waals surface area contributed by atoms with Gasteiger partial charge in [0.05, 0.1) is 28.8 Å². The molecule has 1 aliphatic carbocycles. The van der Waals surface area contributed by atoms with Gasteiger partial charge in [-0.25, -0.2) is 14.8 Å². The van der Waals surface area contributed by atoms with Gasteiger partial charge >= 0.3 is 5.97 Å². The van der Waals surface area contributed by atoms with Gasteiger partial charge < -0.3 is 4.74 Å². The summed E-state index contributed by atoms with van der Waals surface area (Å²) in [6.07, 6.45) is 2.16. The monoisotopic (exact) mass is 547 g/mol. The van der Waals surface area contributed by atoms with Crippen LogP contribution in [-0.4, -0.2) is 35.4 Å². The Balaban J connectivity index is 1.45. The molecule has 0 radical (unpaired) electrons. The number of hydroxylamine groups is 1. The van der Waals surface area contributed by atoms with Crippen LogP contribution in [-0.2, 0) is 32.0 Å². The first kappa shape index (κ1) is 25.2. The molecule has 0 saturated carbocycles. The molecule has 0 unspecified atom stereocenters. The molecule has 3 heterocycles. The Morgan fingerprint density at radius 2 is 1.87 bits per heavy atom. The summed E-state index contributed by atoms with van der Waals surface area (Å²) in [5, 5.41) is 13.3. The van der Waals surface area contributed by atoms with Crippen molar-refractivity contribution in [2.24, 2.45) is 5.92 Å². The molecule has 2 amide bonds. The Morgan fingerprint density at radius 3 is 2.62 bits per heavy atom. The summed E-state index contributed by atoms with van der Waals surface area (Å²) >= 11 is 1.29. The molecule has 0 spiro atoms. The molecule has 2 fully saturated rings. The number of ether oxygens (including phenoxy) is 1. The lowest BCUT2D eigenvalue weighted by Crippen LogP contribution is -2.37. The number of nitro groups is 1. The Bertz CT molecular complexity index is 1490. The van der Waals surface area contributed by atoms with Crippen LogP contribution in [0.15, 0.2) is 54.6 Å². The number of anilines is 2. The number of nitrogens with zero attached hydrogens (tertiary/aromatic N) is 3. The fourth-order valence-corrected chi connectivity index (χ4v) is 7.08. The maximum atomic E-state index is 14.1. The number of carbonyl (C=O) groups is 3. The van der Waals surface area contributed by atoms with E-state index in [1.807, 2.05) is 6.07 Å². The maximum absolute atomic E-state index is 14.1. The molecule has 3 aliphatic rings. The molecule has 39 heavy (non-hydrogen) atoms. The fraction of sp³-hybridized carbons (Fsp3) is 0.321. The first-order chi connectivity index (χ1) is 18.9. The van der Waals surface area contributed by atoms with Crippen molar-refractivity contribution in [2.45, 2.75) is 44.8 Å². The first-order valence-corrected chi connectivity index (χ1v) is 13.7. The summed E-state index contributed by atoms with van der Waals surface area (Å²) in [5.41, 5.74) is 2.08. The minimum Gasteiger partial charge on any atom is -0.462 e. The number of non-ortho nitro benzene ring substituents is 1. The standard InChI is InChI=1S/C28H25N3O7S/c1-2-37-28(34)21-19-13-6-7-14-20(19)39-27(21)29-25(32)22-23(16-9-8-12-18(15-16)31(35)36)30(38-24(22)26(29)33)17-10-4-3-5-11-17/h3-5,8-12,15,22-24H,2,6-7,13-14H2,1H3/t22-,23-,24+/m1/s1. The minimum atomic E-state index is -1.16. The lowest BCUT2D eigenvalue weighted by atomic mass is 9.90. The van der Waals surface area contributed by atoms with Crippen molar-refractivity contribution in [2.75, 3.05) is 16.6 Å². The van der Waals surface area contributed by atoms with Gasteiger partial charge in [0.1, 0.15) is 10.9 Å². The SMILES string of the molecule is CCOC(=O)c1c(N2C(=O)[C@H]3[C@H](ON(c4ccccc4)[C@@H]3c3cccc([N+](=O)[O-])c3)C2=O)sc2c1CCCC2. The van der Waals surface area contributed by atoms with Crippen molar-refractivity contribution in [3.63, 3.8) is 0 Å². The van der Waals surface area contributed by atoms with Gasteiger partial charge in [-0.2, -0.15) is 0 Å². The third kappa shape index (κ3) is 4.09. The molecule has 3 atom stereocenters. The topological polar surface area (TPSA) is 119 Å². The smallest absolute Gasteiger partial charge is 0.341 e. The van der Waals surface area contributed by atoms with Gasteiger partial charge in [-0.15, -0.1) is 11.3 Å². The van der Waals surface area contributed by atoms with Crippen molar-refractivity contribution in [1.29, 1.82) is 0 Å². The van der Waals surface area contributed by atoms with Crippen LogP contribution in [0.1, 0.15) is 52.2 Å². The van der Waals surface area contributed by atoms with Gasteiger partial charge in [0.15, 0.2) is 6.10 Å². The number of fused-ring (bicyclic) bond motifs is 2. The lowest BCUT2D eigenvalue weighted by molar-refractivity contribution is -0.384. The summed E-state index contributed by atoms with van der Waals surface area (Å²) in [6, 6.07) is 14.2. The number of para-hydroxylation sites is 1. The zero-order valence-corrected chi connectivity index (χ0v) is 21.9. The first-order valence-electron chi connectivity index (χ1n) is 12.9. The predicted octanol–water partition coefficient (Wildman–Crippen LogP) is 4.76. The van der Waals surface area contributed by atoms with Crippen LogP contribution in [0.5, 0.6) is 0 Å². The van der Waals surface area contributed by atoms with Crippen LogP contribution in [0.4, 0.5) is 16.4 Å². The van der Waals surface area contributed by atoms with E-state index in [0.717, 1.165) is 34.6 Å². The van der Waals surface area contributed by atoms with Crippen molar-refractivity contribution in [3.05, 3.63) is 86.3 Å². The van der Waals surface area contributed by atoms with E-state index < -0.39 is 40.8 Å². The number of carbonyl (C=O) groups excluding carboxylic acids is 3. The summed E-state index contributed by atoms with van der Waals surface area (Å²) < 4.78 is 5.33. The molecular weight excluding hydrogens is 522 g/mol. The van der Waals surface area contributed by atoms with Crippen molar-refractivity contribution < 1.29 is 28.9 Å². The summed E-state index contributed by atoms with van der Waals surface area (Å²) in [4.78, 5) is 60.4. The normalized spacial score (nSPS) is 22.1. The highest BCUT2D eigenvalue weighted by Gasteiger charge is 2.61. The number of amides is 2. The number of nitro benzene ring substituents is 1. The molecule has 2 aromatic carbocycles. The molecule has 2 aliphatic heterocycles. The Kier molecular flexibility index (Phi) is 6.40. The van der Waals surface area contributed by atoms with Crippen LogP contribution in [0.2, 0.25) is 0 Å². The van der Waals surface area contributed by atoms with Crippen molar-refractivity contribution in [1.82, 2.24) is 0 Å². The zero-order valence-electron chi connectivity index (χ0n) is 21.1. The number of aryl methyl sites for hydroxylation is 1. The maximum Gasteiger partial charge on any atom is 0.341 e. The third-order valence-corrected chi connectivity index (χ3v) is 8.66. The van der Waals surface area contributed by atoms with Crippen molar-refractivity contribution in [3.8, 4) is 0 Å². The second kappa shape index (κ2) is 9.90. The Labute approximate surface area is 227 Å². The van der Waals surface area contributed by atoms with Gasteiger partial charge in [0, 0.05) is 17.0 Å². The van der Waals surface area contributed by atoms with E-state index in [0.29, 0.717) is 17.7 Å². The fourth-order valence-electron chi connectivity index (χ4n) is 5.70. The third-order valence-electron chi connectivity index (χ3n) is 7.38. The number of hydrogen-bond acceptors (Lipinski definition) is 9. The van der Waals surface area contributed by atoms with Crippen LogP contribution >= 0.6 is 11.3 Å². The van der Waals surface area contributed by atoms with Crippen LogP contribution in [0, 0.1) is 16.0 Å². The molecule has 200 valence electrons. The van der Waals surface area contributed by atoms with Gasteiger partial charge in [0.25, 0.3) is 11.6 Å². The van der Waals surface area contributed by atoms with E-state index in [1.54, 1.807) is 43.3 Å².